The van der Waals surface area contributed by atoms with Gasteiger partial charge >= 0.3 is 0 Å². The van der Waals surface area contributed by atoms with Crippen LogP contribution in [0.1, 0.15) is 65.0 Å². The van der Waals surface area contributed by atoms with E-state index >= 15 is 0 Å². The Morgan fingerprint density at radius 3 is 2.26 bits per heavy atom. The molecule has 2 amide bonds. The number of thiophene rings is 1. The van der Waals surface area contributed by atoms with E-state index in [4.69, 9.17) is 5.73 Å². The molecule has 2 unspecified atom stereocenters. The number of carbonyl (C=O) groups is 2. The maximum Gasteiger partial charge on any atom is 0.263 e. The largest absolute Gasteiger partial charge is 0.397 e. The normalized spacial score (nSPS) is 21.9. The number of anilines is 2. The lowest BCUT2D eigenvalue weighted by Crippen LogP contribution is -2.49. The zero-order chi connectivity index (χ0) is 44.8. The second-order valence-electron chi connectivity index (χ2n) is 19.1. The van der Waals surface area contributed by atoms with Crippen molar-refractivity contribution >= 4 is 98.4 Å². The molecule has 3 fully saturated rings. The van der Waals surface area contributed by atoms with Crippen LogP contribution < -0.4 is 21.3 Å². The predicted octanol–water partition coefficient (Wildman–Crippen LogP) is 8.53. The van der Waals surface area contributed by atoms with Gasteiger partial charge in [-0.2, -0.15) is 0 Å². The monoisotopic (exact) mass is 1020 g/mol. The maximum atomic E-state index is 13.6. The summed E-state index contributed by atoms with van der Waals surface area (Å²) in [6, 6.07) is 23.6. The number of benzene rings is 3. The minimum Gasteiger partial charge on any atom is -0.397 e. The lowest BCUT2D eigenvalue weighted by molar-refractivity contribution is -0.127. The fourth-order valence-electron chi connectivity index (χ4n) is 11.4. The van der Waals surface area contributed by atoms with Crippen molar-refractivity contribution in [1.82, 2.24) is 30.0 Å². The van der Waals surface area contributed by atoms with Gasteiger partial charge in [-0.1, -0.05) is 44.3 Å². The number of fused-ring (bicyclic) bond motifs is 7. The molecule has 0 spiro atoms. The smallest absolute Gasteiger partial charge is 0.263 e. The number of piperidine rings is 1. The van der Waals surface area contributed by atoms with Gasteiger partial charge in [-0.3, -0.25) is 14.5 Å². The lowest BCUT2D eigenvalue weighted by Gasteiger charge is -2.39. The first-order valence-corrected chi connectivity index (χ1v) is 26.1. The number of nitrogens with one attached hydrogen (secondary N) is 2. The van der Waals surface area contributed by atoms with E-state index in [2.05, 4.69) is 121 Å². The van der Waals surface area contributed by atoms with E-state index in [1.807, 2.05) is 19.1 Å². The Labute approximate surface area is 402 Å². The van der Waals surface area contributed by atoms with E-state index in [1.54, 1.807) is 0 Å². The first-order valence-electron chi connectivity index (χ1n) is 23.7. The number of aromatic nitrogens is 2. The third-order valence-electron chi connectivity index (χ3n) is 14.8. The van der Waals surface area contributed by atoms with Crippen LogP contribution in [0, 0.1) is 24.7 Å². The average molecular weight is 1020 g/mol. The third kappa shape index (κ3) is 9.58. The van der Waals surface area contributed by atoms with Gasteiger partial charge in [0.15, 0.2) is 0 Å². The van der Waals surface area contributed by atoms with Crippen LogP contribution in [-0.4, -0.2) is 107 Å². The van der Waals surface area contributed by atoms with Gasteiger partial charge < -0.3 is 35.8 Å². The Morgan fingerprint density at radius 1 is 0.831 bits per heavy atom. The summed E-state index contributed by atoms with van der Waals surface area (Å²) in [5.74, 6) is 1.05. The number of nitrogens with two attached hydrogens (primary N) is 1. The number of unbranched alkanes of at least 4 members (excludes halogenated alkanes) is 2. The molecule has 2 saturated heterocycles. The number of carbonyl (C=O) groups excluding carboxylic acids is 2. The number of nitrogen functional groups attached to an aromatic ring is 1. The number of amides is 2. The first-order chi connectivity index (χ1) is 31.5. The number of aryl methyl sites for hydroxylation is 2. The molecule has 2 aliphatic carbocycles. The zero-order valence-corrected chi connectivity index (χ0v) is 41.2. The highest BCUT2D eigenvalue weighted by molar-refractivity contribution is 9.10. The Balaban J connectivity index is 0.625. The molecule has 6 aromatic rings. The van der Waals surface area contributed by atoms with Gasteiger partial charge in [-0.15, -0.1) is 11.3 Å². The van der Waals surface area contributed by atoms with Gasteiger partial charge in [-0.05, 0) is 142 Å². The summed E-state index contributed by atoms with van der Waals surface area (Å²) in [6.45, 7) is 10.9. The van der Waals surface area contributed by atoms with Crippen molar-refractivity contribution in [2.75, 3.05) is 69.5 Å². The lowest BCUT2D eigenvalue weighted by atomic mass is 9.83. The van der Waals surface area contributed by atoms with Gasteiger partial charge in [0.05, 0.1) is 18.3 Å². The number of rotatable bonds is 14. The number of hydrogen-bond acceptors (Lipinski definition) is 9. The van der Waals surface area contributed by atoms with Crippen LogP contribution in [0.25, 0.3) is 32.0 Å². The summed E-state index contributed by atoms with van der Waals surface area (Å²) in [5, 5.41) is 21.1. The molecule has 4 aliphatic rings. The summed E-state index contributed by atoms with van der Waals surface area (Å²) in [7, 11) is 0. The van der Waals surface area contributed by atoms with Crippen LogP contribution in [0.3, 0.4) is 0 Å². The molecule has 11 nitrogen and oxygen atoms in total. The molecule has 3 aromatic carbocycles. The molecule has 5 heterocycles. The van der Waals surface area contributed by atoms with Crippen molar-refractivity contribution in [3.05, 3.63) is 97.4 Å². The number of halogens is 2. The highest BCUT2D eigenvalue weighted by Gasteiger charge is 2.46. The van der Waals surface area contributed by atoms with Gasteiger partial charge in [0.1, 0.15) is 9.71 Å². The summed E-state index contributed by atoms with van der Waals surface area (Å²) >= 11 is 8.65. The quantitative estimate of drug-likeness (QED) is 0.0800. The Morgan fingerprint density at radius 2 is 1.54 bits per heavy atom. The van der Waals surface area contributed by atoms with Crippen molar-refractivity contribution in [2.24, 2.45) is 17.8 Å². The van der Waals surface area contributed by atoms with Crippen LogP contribution in [0.15, 0.2) is 75.7 Å². The van der Waals surface area contributed by atoms with E-state index in [0.29, 0.717) is 35.5 Å². The summed E-state index contributed by atoms with van der Waals surface area (Å²) in [5.41, 5.74) is 14.0. The van der Waals surface area contributed by atoms with Crippen molar-refractivity contribution < 1.29 is 14.7 Å². The van der Waals surface area contributed by atoms with Gasteiger partial charge in [0.2, 0.25) is 5.91 Å². The van der Waals surface area contributed by atoms with E-state index < -0.39 is 6.10 Å². The van der Waals surface area contributed by atoms with Crippen molar-refractivity contribution in [3.8, 4) is 0 Å². The molecule has 0 radical (unpaired) electrons. The molecular formula is C51H60Br2N8O3S. The number of nitrogens with zero attached hydrogens (tertiary/aromatic N) is 5. The number of aliphatic hydroxyl groups excluding tert-OH is 1. The number of aliphatic hydroxyl groups is 1. The van der Waals surface area contributed by atoms with E-state index in [9.17, 15) is 14.7 Å². The topological polar surface area (TPSA) is 132 Å². The van der Waals surface area contributed by atoms with Crippen molar-refractivity contribution in [1.29, 1.82) is 0 Å². The number of piperazine rings is 1. The molecule has 10 rings (SSSR count). The molecule has 2 bridgehead atoms. The van der Waals surface area contributed by atoms with Crippen LogP contribution in [0.5, 0.6) is 0 Å². The van der Waals surface area contributed by atoms with E-state index in [-0.39, 0.29) is 23.8 Å². The molecule has 5 atom stereocenters. The molecule has 342 valence electrons. The van der Waals surface area contributed by atoms with E-state index in [0.717, 1.165) is 140 Å². The molecule has 3 aromatic heterocycles. The molecule has 5 N–H and O–H groups in total. The second kappa shape index (κ2) is 19.3. The third-order valence-corrected chi connectivity index (χ3v) is 16.9. The number of β-amino-alcohol motifs (C(OH)–C–C–N with tert-alkyl or cyclic N) is 1. The highest BCUT2D eigenvalue weighted by atomic mass is 79.9. The summed E-state index contributed by atoms with van der Waals surface area (Å²) < 4.78 is 4.37. The zero-order valence-electron chi connectivity index (χ0n) is 37.2. The van der Waals surface area contributed by atoms with Crippen molar-refractivity contribution in [3.63, 3.8) is 0 Å². The predicted molar refractivity (Wildman–Crippen MR) is 271 cm³/mol. The van der Waals surface area contributed by atoms with Crippen molar-refractivity contribution in [2.45, 2.75) is 77.0 Å². The Hall–Kier alpha value is -4.05. The molecule has 1 saturated carbocycles. The van der Waals surface area contributed by atoms with Crippen LogP contribution in [0.4, 0.5) is 11.4 Å². The maximum absolute atomic E-state index is 13.6. The van der Waals surface area contributed by atoms with E-state index in [1.165, 1.54) is 38.9 Å². The van der Waals surface area contributed by atoms with Crippen LogP contribution in [0.2, 0.25) is 0 Å². The minimum atomic E-state index is -0.457. The van der Waals surface area contributed by atoms with Crippen LogP contribution in [-0.2, 0) is 24.2 Å². The standard InChI is InChI=1S/C51H60Br2N8O3S/c1-31-5-14-41-47(54)48(65-51(41)56-31)50(64)57-38-12-8-33-24-39(13-9-32(33)23-38)60-27-34-6-7-35(28-60)46(34)49(63)55-17-3-2-4-18-58-19-21-59(22-20-58)29-40(62)30-61-44-15-10-36(52)25-42(44)43-26-37(53)11-16-45(43)61/h5,9-11,13-16,24-26,34-35,38,40,46,62H,2-4,6-8,12,17-23,27-30,54H2,1H3,(H,55,63)(H,57,64)/t34-,35+,38-,40?,46?/m0/s1. The molecular weight excluding hydrogens is 964 g/mol. The fourth-order valence-corrected chi connectivity index (χ4v) is 13.2. The van der Waals surface area contributed by atoms with Gasteiger partial charge in [0, 0.05) is 112 Å². The Kier molecular flexibility index (Phi) is 13.3. The summed E-state index contributed by atoms with van der Waals surface area (Å²) in [6.07, 6.45) is 7.67. The highest BCUT2D eigenvalue weighted by Crippen LogP contribution is 2.44. The average Bonchev–Trinajstić information content (AvgIpc) is 3.88. The molecule has 2 aliphatic heterocycles. The van der Waals surface area contributed by atoms with Crippen LogP contribution >= 0.6 is 43.2 Å². The first kappa shape index (κ1) is 44.8. The minimum absolute atomic E-state index is 0.0659. The number of hydrogen-bond donors (Lipinski definition) is 4. The van der Waals surface area contributed by atoms with Gasteiger partial charge in [-0.25, -0.2) is 4.98 Å². The Bertz CT molecular complexity index is 2660. The fraction of sp³-hybridized carbons (Fsp3) is 0.471. The molecule has 65 heavy (non-hydrogen) atoms. The summed E-state index contributed by atoms with van der Waals surface area (Å²) in [4.78, 5) is 40.3. The number of pyridine rings is 1. The molecule has 14 heteroatoms. The SMILES string of the molecule is Cc1ccc2c(N)c(C(=O)N[C@H]3CCc4cc(N5C[C@H]6CC[C@@H](C5)C6C(=O)NCCCCCN5CCN(CC(O)Cn6c7ccc(Br)cc7c7cc(Br)ccc76)CC5)ccc4C3)sc2n1. The van der Waals surface area contributed by atoms with Gasteiger partial charge in [0.25, 0.3) is 5.91 Å². The second-order valence-corrected chi connectivity index (χ2v) is 22.0.